The van der Waals surface area contributed by atoms with Crippen molar-refractivity contribution in [1.82, 2.24) is 0 Å². The van der Waals surface area contributed by atoms with E-state index in [0.29, 0.717) is 0 Å². The molecule has 0 aliphatic carbocycles. The second-order valence-electron chi connectivity index (χ2n) is 9.70. The van der Waals surface area contributed by atoms with E-state index in [9.17, 15) is 90.0 Å². The Balaban J connectivity index is -0.0000000401. The van der Waals surface area contributed by atoms with Crippen LogP contribution in [0.3, 0.4) is 0 Å². The largest absolute Gasteiger partial charge is 1.00 e. The zero-order valence-corrected chi connectivity index (χ0v) is 47.4. The summed E-state index contributed by atoms with van der Waals surface area (Å²) in [7, 11) is -24.2. The second kappa shape index (κ2) is 39.0. The molecule has 5 unspecified atom stereocenters. The van der Waals surface area contributed by atoms with E-state index in [1.807, 2.05) is 0 Å². The molecule has 0 rings (SSSR count). The Morgan fingerprint density at radius 2 is 0.338 bits per heavy atom. The predicted molar refractivity (Wildman–Crippen MR) is 182 cm³/mol. The summed E-state index contributed by atoms with van der Waals surface area (Å²) in [5, 5.41) is 69.6. The monoisotopic (exact) mass is 1110 g/mol. The maximum Gasteiger partial charge on any atom is 1.00 e. The summed E-state index contributed by atoms with van der Waals surface area (Å²) < 4.78 is 143. The summed E-state index contributed by atoms with van der Waals surface area (Å²) in [6.07, 6.45) is -5.79. The van der Waals surface area contributed by atoms with Gasteiger partial charge in [-0.1, -0.05) is 0 Å². The number of hydrogen-bond donors (Lipinski definition) is 15. The molecule has 0 spiro atoms. The fourth-order valence-corrected chi connectivity index (χ4v) is 5.43. The van der Waals surface area contributed by atoms with Gasteiger partial charge in [-0.3, -0.25) is 70.7 Å². The van der Waals surface area contributed by atoms with E-state index in [1.54, 1.807) is 0 Å². The van der Waals surface area contributed by atoms with Crippen molar-refractivity contribution in [3.05, 3.63) is 0 Å². The summed E-state index contributed by atoms with van der Waals surface area (Å²) in [4.78, 5) is 100. The van der Waals surface area contributed by atoms with Crippen LogP contribution < -0.4 is 148 Å². The Bertz CT molecular complexity index is 1850. The Labute approximate surface area is 481 Å². The van der Waals surface area contributed by atoms with Crippen LogP contribution in [-0.2, 0) is 98.5 Å². The molecule has 45 heteroatoms. The van der Waals surface area contributed by atoms with E-state index < -0.39 is 169 Å². The van der Waals surface area contributed by atoms with Crippen LogP contribution in [0.4, 0.5) is 0 Å². The molecule has 0 aromatic heterocycles. The van der Waals surface area contributed by atoms with Crippen molar-refractivity contribution in [2.75, 3.05) is 0 Å². The third kappa shape index (κ3) is 49.5. The molecule has 0 saturated heterocycles. The molecule has 0 fully saturated rings. The van der Waals surface area contributed by atoms with Gasteiger partial charge in [0.15, 0.2) is 26.2 Å². The molecule has 35 nitrogen and oxygen atoms in total. The fourth-order valence-electron chi connectivity index (χ4n) is 2.39. The van der Waals surface area contributed by atoms with Gasteiger partial charge in [0.2, 0.25) is 0 Å². The van der Waals surface area contributed by atoms with Crippen LogP contribution in [0, 0.1) is 0 Å². The van der Waals surface area contributed by atoms with Crippen LogP contribution in [-0.4, -0.2) is 202 Å². The van der Waals surface area contributed by atoms with Crippen molar-refractivity contribution in [1.29, 1.82) is 0 Å². The van der Waals surface area contributed by atoms with Gasteiger partial charge in [0.25, 0.3) is 50.6 Å². The van der Waals surface area contributed by atoms with Crippen LogP contribution in [0.2, 0.25) is 0 Å². The topological polar surface area (TPSA) is 645 Å². The van der Waals surface area contributed by atoms with Gasteiger partial charge in [0.1, 0.15) is 0 Å². The molecule has 0 bridgehead atoms. The fraction of sp³-hybridized carbons (Fsp3) is 0.500. The molecule has 5 atom stereocenters. The first-order chi connectivity index (χ1) is 26.2. The third-order valence-corrected chi connectivity index (χ3v) is 10.4. The minimum atomic E-state index is -4.84. The normalized spacial score (nSPS) is 12.7. The molecular weight excluding hydrogens is 1080 g/mol. The molecular formula is C20H35Na5O35S5. The van der Waals surface area contributed by atoms with Crippen LogP contribution in [0.5, 0.6) is 0 Å². The molecule has 15 N–H and O–H groups in total. The predicted octanol–water partition coefficient (Wildman–Crippen LogP) is -20.4. The van der Waals surface area contributed by atoms with Crippen LogP contribution in [0.15, 0.2) is 0 Å². The van der Waals surface area contributed by atoms with E-state index in [-0.39, 0.29) is 155 Å². The number of carboxylic acid groups (broad SMARTS) is 10. The molecule has 0 radical (unpaired) electrons. The standard InChI is InChI=1S/5C4H6O7S.5Na.5H/c5*5-3(6)1-2(4(7)8)12(9,10)11;;;;;;;;;;/h5*2H,1H2,(H,5,6)(H,7,8)(H,9,10,11);;;;;;;;;;/q;;;;;5*+1;5*-1. The number of carbonyl (C=O) groups is 10. The number of hydrogen-bond acceptors (Lipinski definition) is 20. The maximum atomic E-state index is 10.2. The first-order valence-corrected chi connectivity index (χ1v) is 20.8. The van der Waals surface area contributed by atoms with Gasteiger partial charge < -0.3 is 58.2 Å². The second-order valence-corrected chi connectivity index (χ2v) is 17.7. The molecule has 0 amide bonds. The zero-order chi connectivity index (χ0) is 49.7. The number of rotatable bonds is 20. The van der Waals surface area contributed by atoms with Gasteiger partial charge in [-0.2, -0.15) is 42.1 Å². The molecule has 0 heterocycles. The quantitative estimate of drug-likeness (QED) is 0.0398. The molecule has 0 saturated carbocycles. The van der Waals surface area contributed by atoms with Gasteiger partial charge in [-0.25, -0.2) is 0 Å². The first kappa shape index (κ1) is 87.3. The molecule has 0 aliphatic rings. The maximum absolute atomic E-state index is 10.2. The van der Waals surface area contributed by atoms with E-state index in [2.05, 4.69) is 0 Å². The summed E-state index contributed by atoms with van der Waals surface area (Å²) >= 11 is 0. The van der Waals surface area contributed by atoms with Crippen molar-refractivity contribution in [3.63, 3.8) is 0 Å². The van der Waals surface area contributed by atoms with Crippen LogP contribution >= 0.6 is 0 Å². The smallest absolute Gasteiger partial charge is 1.00 e. The minimum absolute atomic E-state index is 0. The molecule has 0 aromatic carbocycles. The van der Waals surface area contributed by atoms with Crippen molar-refractivity contribution in [2.24, 2.45) is 0 Å². The molecule has 65 heavy (non-hydrogen) atoms. The Kier molecular flexibility index (Phi) is 52.4. The molecule has 360 valence electrons. The van der Waals surface area contributed by atoms with E-state index in [0.717, 1.165) is 0 Å². The van der Waals surface area contributed by atoms with Crippen molar-refractivity contribution in [3.8, 4) is 0 Å². The van der Waals surface area contributed by atoms with Crippen molar-refractivity contribution in [2.45, 2.75) is 58.4 Å². The SMILES string of the molecule is O=C(O)CC(C(=O)O)S(=O)(=O)O.O=C(O)CC(C(=O)O)S(=O)(=O)O.O=C(O)CC(C(=O)O)S(=O)(=O)O.O=C(O)CC(C(=O)O)S(=O)(=O)O.O=C(O)CC(C(=O)O)S(=O)(=O)O.[H-].[H-].[H-].[H-].[H-].[Na+].[Na+].[Na+].[Na+].[Na+]. The van der Waals surface area contributed by atoms with E-state index in [4.69, 9.17) is 73.8 Å². The van der Waals surface area contributed by atoms with Gasteiger partial charge in [0, 0.05) is 0 Å². The molecule has 0 aromatic rings. The summed E-state index contributed by atoms with van der Waals surface area (Å²) in [5.74, 6) is -17.5. The van der Waals surface area contributed by atoms with E-state index >= 15 is 0 Å². The van der Waals surface area contributed by atoms with Crippen molar-refractivity contribution >= 4 is 110 Å². The average molecular weight is 1110 g/mol. The van der Waals surface area contributed by atoms with Gasteiger partial charge in [-0.15, -0.1) is 0 Å². The van der Waals surface area contributed by atoms with Gasteiger partial charge >= 0.3 is 207 Å². The third-order valence-electron chi connectivity index (χ3n) is 4.98. The summed E-state index contributed by atoms with van der Waals surface area (Å²) in [6.45, 7) is 0. The van der Waals surface area contributed by atoms with Gasteiger partial charge in [0.05, 0.1) is 32.1 Å². The Hall–Kier alpha value is -0.750. The number of aliphatic carboxylic acids is 10. The van der Waals surface area contributed by atoms with Crippen LogP contribution in [0.1, 0.15) is 39.2 Å². The first-order valence-electron chi connectivity index (χ1n) is 13.3. The summed E-state index contributed by atoms with van der Waals surface area (Å²) in [6, 6.07) is 0. The zero-order valence-electron chi connectivity index (χ0n) is 38.3. The number of carboxylic acids is 10. The minimum Gasteiger partial charge on any atom is -1.00 e. The Morgan fingerprint density at radius 3 is 0.354 bits per heavy atom. The Morgan fingerprint density at radius 1 is 0.262 bits per heavy atom. The van der Waals surface area contributed by atoms with Crippen molar-refractivity contribution < 1.29 is 319 Å². The molecule has 0 aliphatic heterocycles. The van der Waals surface area contributed by atoms with Gasteiger partial charge in [-0.05, 0) is 0 Å². The van der Waals surface area contributed by atoms with E-state index in [1.165, 1.54) is 0 Å². The summed E-state index contributed by atoms with van der Waals surface area (Å²) in [5.41, 5.74) is 0. The average Bonchev–Trinajstić information content (AvgIpc) is 2.96. The van der Waals surface area contributed by atoms with Crippen LogP contribution in [0.25, 0.3) is 0 Å².